The fraction of sp³-hybridized carbons (Fsp3) is 0.200. The van der Waals surface area contributed by atoms with E-state index in [-0.39, 0.29) is 30.2 Å². The molecule has 2 aromatic heterocycles. The predicted octanol–water partition coefficient (Wildman–Crippen LogP) is 0.762. The minimum absolute atomic E-state index is 0.0720. The van der Waals surface area contributed by atoms with Gasteiger partial charge in [-0.3, -0.25) is 9.78 Å². The van der Waals surface area contributed by atoms with E-state index in [2.05, 4.69) is 30.2 Å². The fourth-order valence-electron chi connectivity index (χ4n) is 1.96. The van der Waals surface area contributed by atoms with E-state index in [0.29, 0.717) is 11.3 Å². The summed E-state index contributed by atoms with van der Waals surface area (Å²) in [6.45, 7) is 0.0720. The van der Waals surface area contributed by atoms with Crippen LogP contribution in [0.4, 0.5) is 0 Å². The lowest BCUT2D eigenvalue weighted by molar-refractivity contribution is 0.0944. The third-order valence-corrected chi connectivity index (χ3v) is 3.09. The Morgan fingerprint density at radius 3 is 2.33 bits per heavy atom. The van der Waals surface area contributed by atoms with Gasteiger partial charge in [-0.25, -0.2) is 4.98 Å². The molecule has 0 saturated carbocycles. The summed E-state index contributed by atoms with van der Waals surface area (Å²) >= 11 is 0. The fourth-order valence-corrected chi connectivity index (χ4v) is 1.96. The minimum atomic E-state index is -0.383. The number of hydrogen-bond acceptors (Lipinski definition) is 8. The molecule has 0 saturated heterocycles. The number of benzene rings is 1. The molecule has 0 fully saturated rings. The Hall–Kier alpha value is -3.36. The zero-order valence-electron chi connectivity index (χ0n) is 13.1. The number of ether oxygens (including phenoxy) is 2. The number of carbonyl (C=O) groups is 1. The number of para-hydroxylation sites is 2. The summed E-state index contributed by atoms with van der Waals surface area (Å²) < 4.78 is 9.92. The maximum atomic E-state index is 12.2. The van der Waals surface area contributed by atoms with Gasteiger partial charge in [0.05, 0.1) is 38.0 Å². The molecule has 0 spiro atoms. The summed E-state index contributed by atoms with van der Waals surface area (Å²) in [5.41, 5.74) is 1.58. The van der Waals surface area contributed by atoms with E-state index in [0.717, 1.165) is 5.52 Å². The molecule has 0 atom stereocenters. The molecule has 9 heteroatoms. The maximum Gasteiger partial charge on any atom is 0.322 e. The third kappa shape index (κ3) is 3.35. The summed E-state index contributed by atoms with van der Waals surface area (Å²) in [4.78, 5) is 32.7. The molecule has 0 aliphatic carbocycles. The van der Waals surface area contributed by atoms with Crippen LogP contribution in [0.15, 0.2) is 30.5 Å². The van der Waals surface area contributed by atoms with E-state index in [4.69, 9.17) is 9.47 Å². The number of methoxy groups -OCH3 is 2. The van der Waals surface area contributed by atoms with Crippen LogP contribution in [0.25, 0.3) is 11.0 Å². The summed E-state index contributed by atoms with van der Waals surface area (Å²) in [5, 5.41) is 2.68. The molecule has 122 valence electrons. The molecule has 9 nitrogen and oxygen atoms in total. The Kier molecular flexibility index (Phi) is 4.41. The monoisotopic (exact) mass is 326 g/mol. The van der Waals surface area contributed by atoms with Gasteiger partial charge in [-0.2, -0.15) is 9.97 Å². The predicted molar refractivity (Wildman–Crippen MR) is 83.6 cm³/mol. The lowest BCUT2D eigenvalue weighted by Crippen LogP contribution is -2.25. The van der Waals surface area contributed by atoms with Gasteiger partial charge in [-0.15, -0.1) is 4.98 Å². The molecule has 0 unspecified atom stereocenters. The normalized spacial score (nSPS) is 10.4. The zero-order valence-corrected chi connectivity index (χ0v) is 13.1. The van der Waals surface area contributed by atoms with Gasteiger partial charge in [0.2, 0.25) is 0 Å². The number of aromatic nitrogens is 5. The summed E-state index contributed by atoms with van der Waals surface area (Å²) in [7, 11) is 2.86. The number of nitrogens with one attached hydrogen (secondary N) is 1. The van der Waals surface area contributed by atoms with Crippen LogP contribution in [0, 0.1) is 0 Å². The average molecular weight is 326 g/mol. The third-order valence-electron chi connectivity index (χ3n) is 3.09. The van der Waals surface area contributed by atoms with Crippen molar-refractivity contribution in [2.45, 2.75) is 6.54 Å². The molecule has 3 rings (SSSR count). The van der Waals surface area contributed by atoms with Gasteiger partial charge >= 0.3 is 12.0 Å². The van der Waals surface area contributed by atoms with Gasteiger partial charge in [0.1, 0.15) is 5.69 Å². The number of hydrogen-bond donors (Lipinski definition) is 1. The van der Waals surface area contributed by atoms with Gasteiger partial charge in [0.25, 0.3) is 5.91 Å². The Bertz CT molecular complexity index is 864. The summed E-state index contributed by atoms with van der Waals surface area (Å²) in [6, 6.07) is 7.53. The number of rotatable bonds is 5. The first-order chi connectivity index (χ1) is 11.7. The molecular weight excluding hydrogens is 312 g/mol. The van der Waals surface area contributed by atoms with Gasteiger partial charge in [0.15, 0.2) is 5.82 Å². The van der Waals surface area contributed by atoms with Crippen molar-refractivity contribution in [2.75, 3.05) is 14.2 Å². The minimum Gasteiger partial charge on any atom is -0.467 e. The zero-order chi connectivity index (χ0) is 16.9. The summed E-state index contributed by atoms with van der Waals surface area (Å²) in [5.74, 6) is -0.0765. The van der Waals surface area contributed by atoms with Crippen LogP contribution in [-0.2, 0) is 6.54 Å². The van der Waals surface area contributed by atoms with E-state index < -0.39 is 0 Å². The maximum absolute atomic E-state index is 12.2. The van der Waals surface area contributed by atoms with E-state index in [1.54, 1.807) is 6.07 Å². The highest BCUT2D eigenvalue weighted by Gasteiger charge is 2.12. The summed E-state index contributed by atoms with van der Waals surface area (Å²) in [6.07, 6.45) is 1.42. The standard InChI is InChI=1S/C15H14N6O3/c1-23-14-19-12(20-15(21-14)24-2)8-17-13(22)11-7-16-9-5-3-4-6-10(9)18-11/h3-7H,8H2,1-2H3,(H,17,22). The van der Waals surface area contributed by atoms with Crippen molar-refractivity contribution in [1.82, 2.24) is 30.2 Å². The molecular formula is C15H14N6O3. The Morgan fingerprint density at radius 1 is 1.00 bits per heavy atom. The molecule has 0 bridgehead atoms. The SMILES string of the molecule is COc1nc(CNC(=O)c2cnc3ccccc3n2)nc(OC)n1. The highest BCUT2D eigenvalue weighted by Crippen LogP contribution is 2.10. The van der Waals surface area contributed by atoms with Crippen molar-refractivity contribution in [1.29, 1.82) is 0 Å². The molecule has 1 N–H and O–H groups in total. The first-order valence-electron chi connectivity index (χ1n) is 7.02. The number of amides is 1. The number of fused-ring (bicyclic) bond motifs is 1. The van der Waals surface area contributed by atoms with Crippen LogP contribution in [0.3, 0.4) is 0 Å². The van der Waals surface area contributed by atoms with Crippen LogP contribution in [-0.4, -0.2) is 45.0 Å². The van der Waals surface area contributed by atoms with E-state index in [1.165, 1.54) is 20.4 Å². The number of nitrogens with zero attached hydrogens (tertiary/aromatic N) is 5. The average Bonchev–Trinajstić information content (AvgIpc) is 2.65. The van der Waals surface area contributed by atoms with Gasteiger partial charge in [-0.05, 0) is 12.1 Å². The van der Waals surface area contributed by atoms with Crippen LogP contribution in [0.1, 0.15) is 16.3 Å². The van der Waals surface area contributed by atoms with Crippen molar-refractivity contribution in [2.24, 2.45) is 0 Å². The Balaban J connectivity index is 1.74. The van der Waals surface area contributed by atoms with Crippen LogP contribution < -0.4 is 14.8 Å². The molecule has 0 radical (unpaired) electrons. The van der Waals surface area contributed by atoms with Crippen molar-refractivity contribution in [3.63, 3.8) is 0 Å². The quantitative estimate of drug-likeness (QED) is 0.731. The van der Waals surface area contributed by atoms with Crippen molar-refractivity contribution in [3.05, 3.63) is 42.0 Å². The van der Waals surface area contributed by atoms with Gasteiger partial charge < -0.3 is 14.8 Å². The Labute approximate surface area is 137 Å². The van der Waals surface area contributed by atoms with E-state index in [9.17, 15) is 4.79 Å². The highest BCUT2D eigenvalue weighted by atomic mass is 16.5. The lowest BCUT2D eigenvalue weighted by Gasteiger charge is -2.06. The van der Waals surface area contributed by atoms with E-state index in [1.807, 2.05) is 18.2 Å². The first-order valence-corrected chi connectivity index (χ1v) is 7.02. The van der Waals surface area contributed by atoms with Crippen LogP contribution in [0.2, 0.25) is 0 Å². The van der Waals surface area contributed by atoms with Crippen molar-refractivity contribution < 1.29 is 14.3 Å². The second-order valence-electron chi connectivity index (χ2n) is 4.65. The van der Waals surface area contributed by atoms with E-state index >= 15 is 0 Å². The molecule has 1 aromatic carbocycles. The van der Waals surface area contributed by atoms with Crippen LogP contribution in [0.5, 0.6) is 12.0 Å². The molecule has 24 heavy (non-hydrogen) atoms. The van der Waals surface area contributed by atoms with Crippen LogP contribution >= 0.6 is 0 Å². The van der Waals surface area contributed by atoms with Gasteiger partial charge in [-0.1, -0.05) is 12.1 Å². The van der Waals surface area contributed by atoms with Gasteiger partial charge in [0, 0.05) is 0 Å². The van der Waals surface area contributed by atoms with Crippen molar-refractivity contribution in [3.8, 4) is 12.0 Å². The smallest absolute Gasteiger partial charge is 0.322 e. The Morgan fingerprint density at radius 2 is 1.67 bits per heavy atom. The van der Waals surface area contributed by atoms with Crippen molar-refractivity contribution >= 4 is 16.9 Å². The second kappa shape index (κ2) is 6.82. The highest BCUT2D eigenvalue weighted by molar-refractivity contribution is 5.93. The molecule has 0 aliphatic heterocycles. The number of carbonyl (C=O) groups excluding carboxylic acids is 1. The molecule has 0 aliphatic rings. The largest absolute Gasteiger partial charge is 0.467 e. The lowest BCUT2D eigenvalue weighted by atomic mass is 10.3. The first kappa shape index (κ1) is 15.5. The second-order valence-corrected chi connectivity index (χ2v) is 4.65. The molecule has 1 amide bonds. The molecule has 2 heterocycles. The topological polar surface area (TPSA) is 112 Å². The molecule has 3 aromatic rings.